The molecule has 0 aliphatic heterocycles. The second-order valence-corrected chi connectivity index (χ2v) is 5.04. The molecule has 1 aliphatic rings. The summed E-state index contributed by atoms with van der Waals surface area (Å²) in [5.41, 5.74) is 1.15. The molecule has 1 saturated carbocycles. The van der Waals surface area contributed by atoms with E-state index in [1.165, 1.54) is 0 Å². The van der Waals surface area contributed by atoms with Gasteiger partial charge in [-0.3, -0.25) is 4.79 Å². The lowest BCUT2D eigenvalue weighted by atomic mass is 9.80. The molecule has 3 heteroatoms. The van der Waals surface area contributed by atoms with Gasteiger partial charge in [0.2, 0.25) is 0 Å². The number of rotatable bonds is 4. The van der Waals surface area contributed by atoms with Crippen molar-refractivity contribution in [1.29, 1.82) is 0 Å². The molecule has 18 heavy (non-hydrogen) atoms. The maximum Gasteiger partial charge on any atom is 0.141 e. The number of hydrogen-bond acceptors (Lipinski definition) is 3. The molecule has 0 heterocycles. The maximum atomic E-state index is 11.7. The highest BCUT2D eigenvalue weighted by atomic mass is 16.3. The van der Waals surface area contributed by atoms with Gasteiger partial charge >= 0.3 is 0 Å². The van der Waals surface area contributed by atoms with Gasteiger partial charge in [0.25, 0.3) is 0 Å². The molecule has 0 saturated heterocycles. The molecule has 1 aromatic carbocycles. The lowest BCUT2D eigenvalue weighted by Crippen LogP contribution is -2.41. The second kappa shape index (κ2) is 6.12. The van der Waals surface area contributed by atoms with Crippen molar-refractivity contribution in [3.63, 3.8) is 0 Å². The smallest absolute Gasteiger partial charge is 0.141 e. The molecular formula is C15H20O3. The van der Waals surface area contributed by atoms with E-state index in [0.29, 0.717) is 19.3 Å². The molecule has 0 spiro atoms. The average Bonchev–Trinajstić information content (AvgIpc) is 2.37. The molecule has 0 radical (unpaired) electrons. The number of hydrogen-bond donors (Lipinski definition) is 2. The van der Waals surface area contributed by atoms with Gasteiger partial charge in [-0.2, -0.15) is 0 Å². The van der Waals surface area contributed by atoms with E-state index in [9.17, 15) is 15.0 Å². The topological polar surface area (TPSA) is 57.5 Å². The molecule has 1 aromatic rings. The van der Waals surface area contributed by atoms with E-state index in [1.54, 1.807) is 0 Å². The minimum Gasteiger partial charge on any atom is -0.392 e. The summed E-state index contributed by atoms with van der Waals surface area (Å²) in [5.74, 6) is -0.572. The van der Waals surface area contributed by atoms with E-state index in [4.69, 9.17) is 0 Å². The lowest BCUT2D eigenvalue weighted by Gasteiger charge is -2.30. The Hall–Kier alpha value is -1.19. The van der Waals surface area contributed by atoms with Crippen molar-refractivity contribution in [2.45, 2.75) is 44.3 Å². The summed E-state index contributed by atoms with van der Waals surface area (Å²) in [6.45, 7) is 0. The van der Waals surface area contributed by atoms with Crippen LogP contribution in [-0.4, -0.2) is 28.2 Å². The largest absolute Gasteiger partial charge is 0.392 e. The highest BCUT2D eigenvalue weighted by molar-refractivity contribution is 5.82. The average molecular weight is 248 g/mol. The Kier molecular flexibility index (Phi) is 4.50. The first-order valence-corrected chi connectivity index (χ1v) is 6.61. The summed E-state index contributed by atoms with van der Waals surface area (Å²) in [7, 11) is 0. The fraction of sp³-hybridized carbons (Fsp3) is 0.533. The molecule has 2 N–H and O–H groups in total. The van der Waals surface area contributed by atoms with Gasteiger partial charge in [-0.1, -0.05) is 30.3 Å². The Balaban J connectivity index is 1.91. The lowest BCUT2D eigenvalue weighted by molar-refractivity contribution is -0.135. The van der Waals surface area contributed by atoms with Crippen LogP contribution in [-0.2, 0) is 11.2 Å². The van der Waals surface area contributed by atoms with Crippen LogP contribution in [0.15, 0.2) is 30.3 Å². The number of carbonyl (C=O) groups excluding carboxylic acids is 1. The number of Topliss-reactive ketones (excluding diaryl/α,β-unsaturated/α-hetero) is 1. The molecule has 2 rings (SSSR count). The van der Waals surface area contributed by atoms with Crippen LogP contribution in [0.4, 0.5) is 0 Å². The number of aliphatic hydroxyl groups is 2. The SMILES string of the molecule is O=C1CCC[C@H](O)[C@@H]1[C@@H](O)CCc1ccccc1. The zero-order chi connectivity index (χ0) is 13.0. The third-order valence-electron chi connectivity index (χ3n) is 3.70. The van der Waals surface area contributed by atoms with Gasteiger partial charge in [0.15, 0.2) is 0 Å². The van der Waals surface area contributed by atoms with E-state index < -0.39 is 18.1 Å². The minimum atomic E-state index is -0.729. The number of benzene rings is 1. The molecule has 0 unspecified atom stereocenters. The molecule has 98 valence electrons. The molecule has 1 aliphatic carbocycles. The Bertz CT molecular complexity index is 388. The van der Waals surface area contributed by atoms with E-state index in [2.05, 4.69) is 0 Å². The highest BCUT2D eigenvalue weighted by Crippen LogP contribution is 2.26. The third kappa shape index (κ3) is 3.18. The molecule has 3 nitrogen and oxygen atoms in total. The van der Waals surface area contributed by atoms with Crippen LogP contribution in [0, 0.1) is 5.92 Å². The predicted octanol–water partition coefficient (Wildman–Crippen LogP) is 1.71. The maximum absolute atomic E-state index is 11.7. The summed E-state index contributed by atoms with van der Waals surface area (Å²) in [4.78, 5) is 11.7. The summed E-state index contributed by atoms with van der Waals surface area (Å²) in [6.07, 6.45) is 1.71. The number of aryl methyl sites for hydroxylation is 1. The van der Waals surface area contributed by atoms with Crippen LogP contribution in [0.3, 0.4) is 0 Å². The van der Waals surface area contributed by atoms with Crippen LogP contribution < -0.4 is 0 Å². The predicted molar refractivity (Wildman–Crippen MR) is 69.1 cm³/mol. The first-order chi connectivity index (χ1) is 8.68. The van der Waals surface area contributed by atoms with Crippen molar-refractivity contribution in [2.24, 2.45) is 5.92 Å². The summed E-state index contributed by atoms with van der Waals surface area (Å²) in [5, 5.41) is 19.9. The van der Waals surface area contributed by atoms with E-state index in [-0.39, 0.29) is 5.78 Å². The van der Waals surface area contributed by atoms with Crippen LogP contribution in [0.1, 0.15) is 31.2 Å². The first kappa shape index (κ1) is 13.2. The van der Waals surface area contributed by atoms with Gasteiger partial charge < -0.3 is 10.2 Å². The molecule has 0 aromatic heterocycles. The second-order valence-electron chi connectivity index (χ2n) is 5.04. The van der Waals surface area contributed by atoms with Crippen molar-refractivity contribution in [3.8, 4) is 0 Å². The Labute approximate surface area is 107 Å². The van der Waals surface area contributed by atoms with Gasteiger partial charge in [-0.15, -0.1) is 0 Å². The minimum absolute atomic E-state index is 0.00862. The van der Waals surface area contributed by atoms with Gasteiger partial charge in [0, 0.05) is 6.42 Å². The van der Waals surface area contributed by atoms with Crippen molar-refractivity contribution in [1.82, 2.24) is 0 Å². The highest BCUT2D eigenvalue weighted by Gasteiger charge is 2.35. The molecule has 0 bridgehead atoms. The monoisotopic (exact) mass is 248 g/mol. The number of carbonyl (C=O) groups is 1. The zero-order valence-electron chi connectivity index (χ0n) is 10.5. The fourth-order valence-electron chi connectivity index (χ4n) is 2.66. The Morgan fingerprint density at radius 2 is 2.00 bits per heavy atom. The van der Waals surface area contributed by atoms with Gasteiger partial charge in [0.1, 0.15) is 5.78 Å². The van der Waals surface area contributed by atoms with Gasteiger partial charge in [-0.25, -0.2) is 0 Å². The molecule has 3 atom stereocenters. The van der Waals surface area contributed by atoms with Crippen molar-refractivity contribution < 1.29 is 15.0 Å². The van der Waals surface area contributed by atoms with E-state index >= 15 is 0 Å². The van der Waals surface area contributed by atoms with Crippen LogP contribution >= 0.6 is 0 Å². The van der Waals surface area contributed by atoms with Gasteiger partial charge in [0.05, 0.1) is 18.1 Å². The van der Waals surface area contributed by atoms with E-state index in [0.717, 1.165) is 18.4 Å². The Morgan fingerprint density at radius 3 is 2.67 bits per heavy atom. The quantitative estimate of drug-likeness (QED) is 0.853. The van der Waals surface area contributed by atoms with Crippen LogP contribution in [0.2, 0.25) is 0 Å². The summed E-state index contributed by atoms with van der Waals surface area (Å²) >= 11 is 0. The van der Waals surface area contributed by atoms with Gasteiger partial charge in [-0.05, 0) is 31.2 Å². The first-order valence-electron chi connectivity index (χ1n) is 6.61. The molecule has 1 fully saturated rings. The van der Waals surface area contributed by atoms with Crippen molar-refractivity contribution in [3.05, 3.63) is 35.9 Å². The standard InChI is InChI=1S/C15H20O3/c16-12-7-4-8-13(17)15(12)14(18)10-9-11-5-2-1-3-6-11/h1-3,5-6,12,14-16,18H,4,7-10H2/t12-,14-,15-/m0/s1. The number of aliphatic hydroxyl groups excluding tert-OH is 2. The van der Waals surface area contributed by atoms with Crippen LogP contribution in [0.5, 0.6) is 0 Å². The van der Waals surface area contributed by atoms with Crippen molar-refractivity contribution in [2.75, 3.05) is 0 Å². The number of ketones is 1. The van der Waals surface area contributed by atoms with E-state index in [1.807, 2.05) is 30.3 Å². The third-order valence-corrected chi connectivity index (χ3v) is 3.70. The molecule has 0 amide bonds. The summed E-state index contributed by atoms with van der Waals surface area (Å²) < 4.78 is 0. The fourth-order valence-corrected chi connectivity index (χ4v) is 2.66. The molecular weight excluding hydrogens is 228 g/mol. The Morgan fingerprint density at radius 1 is 1.28 bits per heavy atom. The zero-order valence-corrected chi connectivity index (χ0v) is 10.5. The van der Waals surface area contributed by atoms with Crippen molar-refractivity contribution >= 4 is 5.78 Å². The summed E-state index contributed by atoms with van der Waals surface area (Å²) in [6, 6.07) is 9.89. The van der Waals surface area contributed by atoms with Crippen LogP contribution in [0.25, 0.3) is 0 Å². The normalized spacial score (nSPS) is 26.0.